The monoisotopic (exact) mass is 376 g/mol. The summed E-state index contributed by atoms with van der Waals surface area (Å²) in [6.07, 6.45) is 7.19. The molecule has 0 saturated carbocycles. The fourth-order valence-corrected chi connectivity index (χ4v) is 3.21. The Hall–Kier alpha value is -2.77. The predicted octanol–water partition coefficient (Wildman–Crippen LogP) is 2.22. The van der Waals surface area contributed by atoms with E-state index in [9.17, 15) is 18.4 Å². The molecule has 0 spiro atoms. The third-order valence-corrected chi connectivity index (χ3v) is 4.77. The van der Waals surface area contributed by atoms with E-state index in [1.54, 1.807) is 12.5 Å². The van der Waals surface area contributed by atoms with Crippen molar-refractivity contribution in [2.45, 2.75) is 25.8 Å². The van der Waals surface area contributed by atoms with Gasteiger partial charge >= 0.3 is 0 Å². The van der Waals surface area contributed by atoms with Crippen molar-refractivity contribution < 1.29 is 18.4 Å². The number of benzene rings is 1. The first-order chi connectivity index (χ1) is 13.0. The van der Waals surface area contributed by atoms with Gasteiger partial charge in [-0.15, -0.1) is 0 Å². The number of halogens is 2. The van der Waals surface area contributed by atoms with Crippen molar-refractivity contribution in [3.63, 3.8) is 0 Å². The normalized spacial score (nSPS) is 15.0. The summed E-state index contributed by atoms with van der Waals surface area (Å²) in [7, 11) is 0. The average Bonchev–Trinajstić information content (AvgIpc) is 3.18. The van der Waals surface area contributed by atoms with Gasteiger partial charge in [0, 0.05) is 50.6 Å². The van der Waals surface area contributed by atoms with Gasteiger partial charge in [0.15, 0.2) is 0 Å². The first-order valence-corrected chi connectivity index (χ1v) is 9.02. The number of carbonyl (C=O) groups excluding carboxylic acids is 2. The van der Waals surface area contributed by atoms with Crippen LogP contribution in [0.2, 0.25) is 0 Å². The van der Waals surface area contributed by atoms with Crippen molar-refractivity contribution in [1.82, 2.24) is 19.8 Å². The molecule has 8 heteroatoms. The number of amides is 2. The topological polar surface area (TPSA) is 67.2 Å². The molecule has 1 saturated heterocycles. The zero-order valence-electron chi connectivity index (χ0n) is 14.9. The highest BCUT2D eigenvalue weighted by atomic mass is 19.1. The molecule has 2 amide bonds. The number of nitrogens with one attached hydrogen (secondary N) is 1. The second-order valence-electron chi connectivity index (χ2n) is 6.64. The summed E-state index contributed by atoms with van der Waals surface area (Å²) >= 11 is 0. The molecule has 1 aliphatic rings. The average molecular weight is 376 g/mol. The molecule has 0 radical (unpaired) electrons. The van der Waals surface area contributed by atoms with Gasteiger partial charge in [0.2, 0.25) is 5.91 Å². The summed E-state index contributed by atoms with van der Waals surface area (Å²) < 4.78 is 28.7. The Labute approximate surface area is 156 Å². The van der Waals surface area contributed by atoms with Gasteiger partial charge in [-0.1, -0.05) is 0 Å². The van der Waals surface area contributed by atoms with Crippen molar-refractivity contribution in [3.05, 3.63) is 54.1 Å². The Morgan fingerprint density at radius 2 is 2.00 bits per heavy atom. The van der Waals surface area contributed by atoms with Crippen molar-refractivity contribution in [2.75, 3.05) is 19.6 Å². The van der Waals surface area contributed by atoms with Gasteiger partial charge in [-0.05, 0) is 31.4 Å². The lowest BCUT2D eigenvalue weighted by Gasteiger charge is -2.31. The second-order valence-corrected chi connectivity index (χ2v) is 6.64. The zero-order valence-corrected chi connectivity index (χ0v) is 14.9. The van der Waals surface area contributed by atoms with Gasteiger partial charge in [0.25, 0.3) is 5.91 Å². The maximum Gasteiger partial charge on any atom is 0.256 e. The van der Waals surface area contributed by atoms with E-state index in [-0.39, 0.29) is 17.4 Å². The summed E-state index contributed by atoms with van der Waals surface area (Å²) in [6.45, 7) is 2.12. The van der Waals surface area contributed by atoms with Gasteiger partial charge in [-0.3, -0.25) is 9.59 Å². The summed E-state index contributed by atoms with van der Waals surface area (Å²) in [5.74, 6) is -2.21. The van der Waals surface area contributed by atoms with Crippen molar-refractivity contribution in [1.29, 1.82) is 0 Å². The van der Waals surface area contributed by atoms with E-state index in [4.69, 9.17) is 0 Å². The van der Waals surface area contributed by atoms with Gasteiger partial charge < -0.3 is 14.8 Å². The van der Waals surface area contributed by atoms with Crippen LogP contribution in [0.4, 0.5) is 8.78 Å². The lowest BCUT2D eigenvalue weighted by molar-refractivity contribution is -0.126. The zero-order chi connectivity index (χ0) is 19.2. The van der Waals surface area contributed by atoms with E-state index < -0.39 is 17.5 Å². The van der Waals surface area contributed by atoms with Crippen LogP contribution in [-0.2, 0) is 11.3 Å². The smallest absolute Gasteiger partial charge is 0.256 e. The Morgan fingerprint density at radius 1 is 1.22 bits per heavy atom. The van der Waals surface area contributed by atoms with Crippen LogP contribution in [-0.4, -0.2) is 45.9 Å². The minimum atomic E-state index is -0.863. The van der Waals surface area contributed by atoms with E-state index in [0.717, 1.165) is 25.1 Å². The van der Waals surface area contributed by atoms with Crippen LogP contribution in [0.3, 0.4) is 0 Å². The molecule has 1 aromatic carbocycles. The number of imidazole rings is 1. The minimum Gasteiger partial charge on any atom is -0.356 e. The molecule has 144 valence electrons. The highest BCUT2D eigenvalue weighted by molar-refractivity contribution is 5.94. The SMILES string of the molecule is O=C(NCCCn1ccnc1)C1CCN(C(=O)c2ccc(F)cc2F)CC1. The Morgan fingerprint density at radius 3 is 2.67 bits per heavy atom. The summed E-state index contributed by atoms with van der Waals surface area (Å²) in [6, 6.07) is 2.93. The predicted molar refractivity (Wildman–Crippen MR) is 94.8 cm³/mol. The molecule has 6 nitrogen and oxygen atoms in total. The Balaban J connectivity index is 1.42. The number of hydrogen-bond donors (Lipinski definition) is 1. The quantitative estimate of drug-likeness (QED) is 0.786. The fourth-order valence-electron chi connectivity index (χ4n) is 3.21. The standard InChI is InChI=1S/C19H22F2N4O2/c20-15-2-3-16(17(21)12-15)19(27)25-9-4-14(5-10-25)18(26)23-6-1-8-24-11-7-22-13-24/h2-3,7,11-14H,1,4-6,8-10H2,(H,23,26). The Bertz CT molecular complexity index is 787. The summed E-state index contributed by atoms with van der Waals surface area (Å²) in [5, 5.41) is 2.93. The summed E-state index contributed by atoms with van der Waals surface area (Å²) in [5.41, 5.74) is -0.140. The van der Waals surface area contributed by atoms with Gasteiger partial charge in [0.05, 0.1) is 11.9 Å². The molecule has 1 N–H and O–H groups in total. The molecule has 1 aliphatic heterocycles. The highest BCUT2D eigenvalue weighted by Gasteiger charge is 2.28. The Kier molecular flexibility index (Phi) is 6.16. The number of nitrogens with zero attached hydrogens (tertiary/aromatic N) is 3. The third kappa shape index (κ3) is 4.90. The first kappa shape index (κ1) is 19.0. The number of carbonyl (C=O) groups is 2. The number of rotatable bonds is 6. The molecular formula is C19H22F2N4O2. The highest BCUT2D eigenvalue weighted by Crippen LogP contribution is 2.20. The van der Waals surface area contributed by atoms with Crippen LogP contribution in [0.15, 0.2) is 36.9 Å². The van der Waals surface area contributed by atoms with E-state index >= 15 is 0 Å². The largest absolute Gasteiger partial charge is 0.356 e. The number of hydrogen-bond acceptors (Lipinski definition) is 3. The maximum atomic E-state index is 13.8. The second kappa shape index (κ2) is 8.75. The van der Waals surface area contributed by atoms with E-state index in [2.05, 4.69) is 10.3 Å². The van der Waals surface area contributed by atoms with E-state index in [1.807, 2.05) is 10.8 Å². The molecule has 2 aromatic rings. The van der Waals surface area contributed by atoms with E-state index in [1.165, 1.54) is 4.90 Å². The molecular weight excluding hydrogens is 354 g/mol. The third-order valence-electron chi connectivity index (χ3n) is 4.77. The molecule has 0 atom stereocenters. The number of aromatic nitrogens is 2. The van der Waals surface area contributed by atoms with Crippen LogP contribution in [0.25, 0.3) is 0 Å². The van der Waals surface area contributed by atoms with Crippen LogP contribution >= 0.6 is 0 Å². The van der Waals surface area contributed by atoms with Crippen molar-refractivity contribution in [3.8, 4) is 0 Å². The number of likely N-dealkylation sites (tertiary alicyclic amines) is 1. The molecule has 2 heterocycles. The first-order valence-electron chi connectivity index (χ1n) is 9.02. The van der Waals surface area contributed by atoms with Crippen LogP contribution in [0, 0.1) is 17.6 Å². The molecule has 1 fully saturated rings. The molecule has 0 unspecified atom stereocenters. The number of piperidine rings is 1. The fraction of sp³-hybridized carbons (Fsp3) is 0.421. The van der Waals surface area contributed by atoms with Crippen LogP contribution < -0.4 is 5.32 Å². The molecule has 1 aromatic heterocycles. The maximum absolute atomic E-state index is 13.8. The van der Waals surface area contributed by atoms with Crippen LogP contribution in [0.5, 0.6) is 0 Å². The van der Waals surface area contributed by atoms with Gasteiger partial charge in [-0.25, -0.2) is 13.8 Å². The van der Waals surface area contributed by atoms with Crippen molar-refractivity contribution in [2.24, 2.45) is 5.92 Å². The molecule has 0 aliphatic carbocycles. The number of aryl methyl sites for hydroxylation is 1. The molecule has 3 rings (SSSR count). The van der Waals surface area contributed by atoms with Crippen LogP contribution in [0.1, 0.15) is 29.6 Å². The molecule has 27 heavy (non-hydrogen) atoms. The van der Waals surface area contributed by atoms with Crippen molar-refractivity contribution >= 4 is 11.8 Å². The van der Waals surface area contributed by atoms with Gasteiger partial charge in [0.1, 0.15) is 11.6 Å². The molecule has 0 bridgehead atoms. The minimum absolute atomic E-state index is 0.0132. The van der Waals surface area contributed by atoms with E-state index in [0.29, 0.717) is 38.5 Å². The van der Waals surface area contributed by atoms with Gasteiger partial charge in [-0.2, -0.15) is 0 Å². The lowest BCUT2D eigenvalue weighted by Crippen LogP contribution is -2.43. The summed E-state index contributed by atoms with van der Waals surface area (Å²) in [4.78, 5) is 30.1. The lowest BCUT2D eigenvalue weighted by atomic mass is 9.95.